The van der Waals surface area contributed by atoms with E-state index in [9.17, 15) is 4.79 Å². The summed E-state index contributed by atoms with van der Waals surface area (Å²) in [6, 6.07) is 7.44. The number of nitrogens with zero attached hydrogens (tertiary/aromatic N) is 1. The molecular weight excluding hydrogens is 284 g/mol. The number of alkyl carbamates (subject to hydrolysis) is 1. The van der Waals surface area contributed by atoms with Crippen molar-refractivity contribution in [2.75, 3.05) is 0 Å². The molecule has 0 spiro atoms. The van der Waals surface area contributed by atoms with E-state index in [2.05, 4.69) is 5.32 Å². The molecule has 6 nitrogen and oxygen atoms in total. The van der Waals surface area contributed by atoms with Crippen LogP contribution in [0.1, 0.15) is 40.0 Å². The van der Waals surface area contributed by atoms with Crippen LogP contribution >= 0.6 is 0 Å². The number of hydroxylamine groups is 2. The Labute approximate surface area is 130 Å². The first-order valence-electron chi connectivity index (χ1n) is 7.66. The molecule has 1 aliphatic heterocycles. The molecule has 1 aromatic rings. The van der Waals surface area contributed by atoms with Crippen LogP contribution in [0.15, 0.2) is 24.3 Å². The van der Waals surface area contributed by atoms with E-state index in [1.54, 1.807) is 0 Å². The number of fused-ring (bicyclic) bond motifs is 1. The molecule has 6 heteroatoms. The van der Waals surface area contributed by atoms with Crippen LogP contribution < -0.4 is 15.0 Å². The van der Waals surface area contributed by atoms with Gasteiger partial charge in [-0.1, -0.05) is 12.1 Å². The lowest BCUT2D eigenvalue weighted by Crippen LogP contribution is -2.50. The molecule has 1 aliphatic carbocycles. The average Bonchev–Trinajstić information content (AvgIpc) is 3.01. The molecule has 0 aromatic heterocycles. The van der Waals surface area contributed by atoms with Gasteiger partial charge in [0.2, 0.25) is 0 Å². The summed E-state index contributed by atoms with van der Waals surface area (Å²) in [5, 5.41) is 4.43. The highest BCUT2D eigenvalue weighted by Crippen LogP contribution is 2.37. The summed E-state index contributed by atoms with van der Waals surface area (Å²) in [5.41, 5.74) is -0.505. The Morgan fingerprint density at radius 1 is 1.23 bits per heavy atom. The van der Waals surface area contributed by atoms with Crippen molar-refractivity contribution < 1.29 is 19.2 Å². The Morgan fingerprint density at radius 3 is 2.45 bits per heavy atom. The zero-order valence-corrected chi connectivity index (χ0v) is 13.2. The number of ether oxygens (including phenoxy) is 1. The van der Waals surface area contributed by atoms with Crippen molar-refractivity contribution >= 4 is 6.09 Å². The maximum atomic E-state index is 12.0. The number of rotatable bonds is 2. The monoisotopic (exact) mass is 306 g/mol. The fraction of sp³-hybridized carbons (Fsp3) is 0.562. The molecule has 1 saturated carbocycles. The highest BCUT2D eigenvalue weighted by Gasteiger charge is 2.40. The smallest absolute Gasteiger partial charge is 0.407 e. The minimum atomic E-state index is -0.505. The van der Waals surface area contributed by atoms with Crippen LogP contribution in [-0.4, -0.2) is 29.0 Å². The Hall–Kier alpha value is -1.95. The number of para-hydroxylation sites is 2. The molecule has 0 bridgehead atoms. The molecular formula is C16H22N2O4. The van der Waals surface area contributed by atoms with Crippen LogP contribution in [-0.2, 0) is 4.74 Å². The number of amides is 1. The molecule has 2 atom stereocenters. The van der Waals surface area contributed by atoms with Crippen LogP contribution in [0.2, 0.25) is 0 Å². The Bertz CT molecular complexity index is 530. The molecule has 0 saturated heterocycles. The molecule has 1 N–H and O–H groups in total. The summed E-state index contributed by atoms with van der Waals surface area (Å²) in [5.74, 6) is 1.40. The first-order chi connectivity index (χ1) is 10.4. The van der Waals surface area contributed by atoms with E-state index in [1.807, 2.05) is 45.0 Å². The third kappa shape index (κ3) is 3.27. The van der Waals surface area contributed by atoms with E-state index in [0.29, 0.717) is 11.5 Å². The largest absolute Gasteiger partial charge is 0.444 e. The van der Waals surface area contributed by atoms with Crippen molar-refractivity contribution in [3.63, 3.8) is 0 Å². The summed E-state index contributed by atoms with van der Waals surface area (Å²) < 4.78 is 5.32. The van der Waals surface area contributed by atoms with Gasteiger partial charge in [-0.25, -0.2) is 4.79 Å². The van der Waals surface area contributed by atoms with Crippen LogP contribution in [0.3, 0.4) is 0 Å². The van der Waals surface area contributed by atoms with Gasteiger partial charge >= 0.3 is 6.09 Å². The van der Waals surface area contributed by atoms with Gasteiger partial charge in [0.05, 0.1) is 6.04 Å². The first-order valence-corrected chi connectivity index (χ1v) is 7.66. The minimum absolute atomic E-state index is 0.0279. The van der Waals surface area contributed by atoms with Gasteiger partial charge in [0.15, 0.2) is 11.5 Å². The quantitative estimate of drug-likeness (QED) is 0.910. The molecule has 1 aromatic carbocycles. The first kappa shape index (κ1) is 15.0. The van der Waals surface area contributed by atoms with Crippen LogP contribution in [0, 0.1) is 0 Å². The van der Waals surface area contributed by atoms with Gasteiger partial charge < -0.3 is 19.7 Å². The zero-order valence-electron chi connectivity index (χ0n) is 13.2. The number of benzene rings is 1. The van der Waals surface area contributed by atoms with Gasteiger partial charge in [-0.15, -0.1) is 0 Å². The van der Waals surface area contributed by atoms with E-state index >= 15 is 0 Å². The van der Waals surface area contributed by atoms with Crippen molar-refractivity contribution in [1.82, 2.24) is 10.5 Å². The lowest BCUT2D eigenvalue weighted by molar-refractivity contribution is -0.256. The second-order valence-electron chi connectivity index (χ2n) is 6.67. The van der Waals surface area contributed by atoms with Crippen molar-refractivity contribution in [1.29, 1.82) is 0 Å². The summed E-state index contributed by atoms with van der Waals surface area (Å²) in [7, 11) is 0. The molecule has 1 amide bonds. The van der Waals surface area contributed by atoms with Crippen molar-refractivity contribution in [3.05, 3.63) is 24.3 Å². The Kier molecular flexibility index (Phi) is 3.87. The topological polar surface area (TPSA) is 60.0 Å². The molecule has 120 valence electrons. The number of nitrogens with one attached hydrogen (secondary N) is 1. The van der Waals surface area contributed by atoms with Gasteiger partial charge in [-0.3, -0.25) is 0 Å². The van der Waals surface area contributed by atoms with E-state index in [4.69, 9.17) is 14.4 Å². The zero-order chi connectivity index (χ0) is 15.7. The highest BCUT2D eigenvalue weighted by molar-refractivity contribution is 5.68. The molecule has 3 rings (SSSR count). The molecule has 2 aliphatic rings. The lowest BCUT2D eigenvalue weighted by atomic mass is 10.2. The number of hydrogen-bond donors (Lipinski definition) is 1. The van der Waals surface area contributed by atoms with Crippen molar-refractivity contribution in [2.45, 2.75) is 57.7 Å². The molecule has 1 heterocycles. The van der Waals surface area contributed by atoms with E-state index in [-0.39, 0.29) is 12.1 Å². The normalized spacial score (nSPS) is 24.3. The predicted octanol–water partition coefficient (Wildman–Crippen LogP) is 3.04. The average molecular weight is 306 g/mol. The third-order valence-electron chi connectivity index (χ3n) is 3.68. The summed E-state index contributed by atoms with van der Waals surface area (Å²) in [6.07, 6.45) is 2.38. The minimum Gasteiger partial charge on any atom is -0.444 e. The van der Waals surface area contributed by atoms with Gasteiger partial charge in [-0.2, -0.15) is 0 Å². The molecule has 0 radical (unpaired) electrons. The highest BCUT2D eigenvalue weighted by atomic mass is 17.0. The van der Waals surface area contributed by atoms with Gasteiger partial charge in [0.25, 0.3) is 0 Å². The maximum Gasteiger partial charge on any atom is 0.407 e. The maximum absolute atomic E-state index is 12.0. The van der Waals surface area contributed by atoms with Crippen LogP contribution in [0.25, 0.3) is 0 Å². The number of hydrogen-bond acceptors (Lipinski definition) is 5. The van der Waals surface area contributed by atoms with E-state index in [1.165, 1.54) is 5.23 Å². The van der Waals surface area contributed by atoms with Crippen LogP contribution in [0.5, 0.6) is 11.5 Å². The van der Waals surface area contributed by atoms with Gasteiger partial charge in [-0.05, 0) is 52.2 Å². The predicted molar refractivity (Wildman–Crippen MR) is 80.3 cm³/mol. The standard InChI is InChI=1S/C16H22N2O4/c1-16(2,3)20-15(19)17-11-7-6-8-12(11)18-21-13-9-4-5-10-14(13)22-18/h4-5,9-12H,6-8H2,1-3H3,(H,17,19). The second kappa shape index (κ2) is 5.68. The fourth-order valence-electron chi connectivity index (χ4n) is 2.77. The SMILES string of the molecule is CC(C)(C)OC(=O)NC1CCCC1N1Oc2ccccc2O1. The Balaban J connectivity index is 1.61. The fourth-order valence-corrected chi connectivity index (χ4v) is 2.77. The number of carbonyl (C=O) groups is 1. The van der Waals surface area contributed by atoms with Crippen LogP contribution in [0.4, 0.5) is 4.79 Å². The number of carbonyl (C=O) groups excluding carboxylic acids is 1. The molecule has 1 fully saturated rings. The summed E-state index contributed by atoms with van der Waals surface area (Å²) >= 11 is 0. The third-order valence-corrected chi connectivity index (χ3v) is 3.68. The summed E-state index contributed by atoms with van der Waals surface area (Å²) in [4.78, 5) is 23.4. The van der Waals surface area contributed by atoms with E-state index < -0.39 is 11.7 Å². The van der Waals surface area contributed by atoms with Gasteiger partial charge in [0, 0.05) is 5.23 Å². The second-order valence-corrected chi connectivity index (χ2v) is 6.67. The molecule has 2 unspecified atom stereocenters. The van der Waals surface area contributed by atoms with E-state index in [0.717, 1.165) is 19.3 Å². The summed E-state index contributed by atoms with van der Waals surface area (Å²) in [6.45, 7) is 5.55. The molecule has 22 heavy (non-hydrogen) atoms. The van der Waals surface area contributed by atoms with Gasteiger partial charge in [0.1, 0.15) is 11.6 Å². The van der Waals surface area contributed by atoms with Crippen molar-refractivity contribution in [3.8, 4) is 11.5 Å². The lowest BCUT2D eigenvalue weighted by Gasteiger charge is -2.27. The Morgan fingerprint density at radius 2 is 1.86 bits per heavy atom. The van der Waals surface area contributed by atoms with Crippen molar-refractivity contribution in [2.24, 2.45) is 0 Å².